The Morgan fingerprint density at radius 3 is 2.65 bits per heavy atom. The minimum absolute atomic E-state index is 0.00666. The number of alkyl halides is 3. The number of hydrogen-bond acceptors (Lipinski definition) is 3. The van der Waals surface area contributed by atoms with E-state index in [1.165, 1.54) is 0 Å². The SMILES string of the molecule is Cc1ccc(NCCOCC(F)(F)F)cc1N. The van der Waals surface area contributed by atoms with Gasteiger partial charge in [0.15, 0.2) is 0 Å². The first-order chi connectivity index (χ1) is 7.88. The Labute approximate surface area is 97.8 Å². The van der Waals surface area contributed by atoms with Gasteiger partial charge in [0.25, 0.3) is 0 Å². The highest BCUT2D eigenvalue weighted by Crippen LogP contribution is 2.17. The van der Waals surface area contributed by atoms with Gasteiger partial charge in [0.1, 0.15) is 6.61 Å². The smallest absolute Gasteiger partial charge is 0.398 e. The summed E-state index contributed by atoms with van der Waals surface area (Å²) < 4.78 is 39.7. The van der Waals surface area contributed by atoms with E-state index in [0.29, 0.717) is 12.2 Å². The minimum atomic E-state index is -4.27. The fraction of sp³-hybridized carbons (Fsp3) is 0.455. The molecule has 0 aliphatic heterocycles. The Hall–Kier alpha value is -1.43. The van der Waals surface area contributed by atoms with Gasteiger partial charge in [-0.05, 0) is 24.6 Å². The molecular weight excluding hydrogens is 233 g/mol. The first-order valence-electron chi connectivity index (χ1n) is 5.13. The van der Waals surface area contributed by atoms with Gasteiger partial charge in [0.05, 0.1) is 6.61 Å². The zero-order valence-corrected chi connectivity index (χ0v) is 9.47. The number of benzene rings is 1. The Balaban J connectivity index is 2.25. The molecule has 0 aliphatic carbocycles. The Bertz CT molecular complexity index is 366. The molecule has 0 aliphatic rings. The Morgan fingerprint density at radius 1 is 1.35 bits per heavy atom. The summed E-state index contributed by atoms with van der Waals surface area (Å²) in [6, 6.07) is 5.39. The van der Waals surface area contributed by atoms with Gasteiger partial charge in [-0.1, -0.05) is 6.07 Å². The lowest BCUT2D eigenvalue weighted by atomic mass is 10.2. The highest BCUT2D eigenvalue weighted by Gasteiger charge is 2.27. The van der Waals surface area contributed by atoms with Crippen LogP contribution >= 0.6 is 0 Å². The summed E-state index contributed by atoms with van der Waals surface area (Å²) in [5.74, 6) is 0. The predicted molar refractivity (Wildman–Crippen MR) is 61.0 cm³/mol. The van der Waals surface area contributed by atoms with Gasteiger partial charge in [-0.15, -0.1) is 0 Å². The van der Waals surface area contributed by atoms with Crippen LogP contribution in [0.4, 0.5) is 24.5 Å². The molecule has 0 spiro atoms. The summed E-state index contributed by atoms with van der Waals surface area (Å²) in [5.41, 5.74) is 8.06. The molecule has 0 bridgehead atoms. The molecule has 1 aromatic carbocycles. The molecule has 1 aromatic rings. The summed E-state index contributed by atoms with van der Waals surface area (Å²) in [7, 11) is 0. The minimum Gasteiger partial charge on any atom is -0.398 e. The summed E-state index contributed by atoms with van der Waals surface area (Å²) >= 11 is 0. The van der Waals surface area contributed by atoms with Gasteiger partial charge in [0, 0.05) is 17.9 Å². The molecule has 0 aromatic heterocycles. The van der Waals surface area contributed by atoms with Crippen molar-refractivity contribution >= 4 is 11.4 Å². The number of halogens is 3. The number of nitrogens with one attached hydrogen (secondary N) is 1. The summed E-state index contributed by atoms with van der Waals surface area (Å²) in [5, 5.41) is 2.93. The van der Waals surface area contributed by atoms with Crippen molar-refractivity contribution in [2.75, 3.05) is 30.8 Å². The van der Waals surface area contributed by atoms with Crippen LogP contribution in [-0.4, -0.2) is 25.9 Å². The third-order valence-corrected chi connectivity index (χ3v) is 2.12. The van der Waals surface area contributed by atoms with Crippen molar-refractivity contribution in [3.8, 4) is 0 Å². The van der Waals surface area contributed by atoms with Crippen LogP contribution in [0.1, 0.15) is 5.56 Å². The molecule has 0 fully saturated rings. The molecule has 96 valence electrons. The van der Waals surface area contributed by atoms with E-state index in [0.717, 1.165) is 11.3 Å². The average molecular weight is 248 g/mol. The molecule has 0 heterocycles. The second-order valence-corrected chi connectivity index (χ2v) is 3.67. The molecule has 1 rings (SSSR count). The molecule has 3 N–H and O–H groups in total. The molecule has 0 atom stereocenters. The van der Waals surface area contributed by atoms with Crippen LogP contribution in [0.5, 0.6) is 0 Å². The van der Waals surface area contributed by atoms with E-state index < -0.39 is 12.8 Å². The molecule has 0 radical (unpaired) electrons. The number of anilines is 2. The summed E-state index contributed by atoms with van der Waals surface area (Å²) in [6.07, 6.45) is -4.27. The second-order valence-electron chi connectivity index (χ2n) is 3.67. The van der Waals surface area contributed by atoms with Crippen molar-refractivity contribution in [1.29, 1.82) is 0 Å². The lowest BCUT2D eigenvalue weighted by Crippen LogP contribution is -2.20. The van der Waals surface area contributed by atoms with Gasteiger partial charge in [-0.25, -0.2) is 0 Å². The Morgan fingerprint density at radius 2 is 2.06 bits per heavy atom. The lowest BCUT2D eigenvalue weighted by Gasteiger charge is -2.10. The van der Waals surface area contributed by atoms with Gasteiger partial charge in [-0.2, -0.15) is 13.2 Å². The fourth-order valence-corrected chi connectivity index (χ4v) is 1.21. The average Bonchev–Trinajstić information content (AvgIpc) is 2.21. The largest absolute Gasteiger partial charge is 0.411 e. The topological polar surface area (TPSA) is 47.3 Å². The molecule has 3 nitrogen and oxygen atoms in total. The van der Waals surface area contributed by atoms with Crippen molar-refractivity contribution in [3.63, 3.8) is 0 Å². The zero-order valence-electron chi connectivity index (χ0n) is 9.47. The van der Waals surface area contributed by atoms with Crippen LogP contribution in [-0.2, 0) is 4.74 Å². The van der Waals surface area contributed by atoms with E-state index in [4.69, 9.17) is 5.73 Å². The van der Waals surface area contributed by atoms with E-state index >= 15 is 0 Å². The highest BCUT2D eigenvalue weighted by molar-refractivity contribution is 5.58. The number of hydrogen-bond donors (Lipinski definition) is 2. The van der Waals surface area contributed by atoms with Gasteiger partial charge in [-0.3, -0.25) is 0 Å². The zero-order chi connectivity index (χ0) is 12.9. The fourth-order valence-electron chi connectivity index (χ4n) is 1.21. The number of ether oxygens (including phenoxy) is 1. The third kappa shape index (κ3) is 5.44. The molecular formula is C11H15F3N2O. The van der Waals surface area contributed by atoms with E-state index in [1.807, 2.05) is 19.1 Å². The van der Waals surface area contributed by atoms with Crippen LogP contribution in [0.25, 0.3) is 0 Å². The van der Waals surface area contributed by atoms with Crippen LogP contribution in [0, 0.1) is 6.92 Å². The third-order valence-electron chi connectivity index (χ3n) is 2.12. The maximum Gasteiger partial charge on any atom is 0.411 e. The van der Waals surface area contributed by atoms with Crippen molar-refractivity contribution in [3.05, 3.63) is 23.8 Å². The lowest BCUT2D eigenvalue weighted by molar-refractivity contribution is -0.172. The molecule has 6 heteroatoms. The maximum atomic E-state index is 11.7. The van der Waals surface area contributed by atoms with Crippen LogP contribution in [0.15, 0.2) is 18.2 Å². The van der Waals surface area contributed by atoms with Crippen LogP contribution in [0.3, 0.4) is 0 Å². The van der Waals surface area contributed by atoms with Gasteiger partial charge < -0.3 is 15.8 Å². The molecule has 0 amide bonds. The predicted octanol–water partition coefficient (Wildman–Crippen LogP) is 2.57. The quantitative estimate of drug-likeness (QED) is 0.622. The Kier molecular flexibility index (Phi) is 4.62. The van der Waals surface area contributed by atoms with Crippen molar-refractivity contribution < 1.29 is 17.9 Å². The molecule has 0 saturated heterocycles. The first kappa shape index (κ1) is 13.6. The van der Waals surface area contributed by atoms with E-state index in [2.05, 4.69) is 10.1 Å². The normalized spacial score (nSPS) is 11.5. The van der Waals surface area contributed by atoms with Crippen LogP contribution < -0.4 is 11.1 Å². The number of rotatable bonds is 5. The van der Waals surface area contributed by atoms with Gasteiger partial charge in [0.2, 0.25) is 0 Å². The van der Waals surface area contributed by atoms with Crippen molar-refractivity contribution in [1.82, 2.24) is 0 Å². The van der Waals surface area contributed by atoms with E-state index in [-0.39, 0.29) is 6.61 Å². The highest BCUT2D eigenvalue weighted by atomic mass is 19.4. The molecule has 0 saturated carbocycles. The summed E-state index contributed by atoms with van der Waals surface area (Å²) in [6.45, 7) is 0.960. The van der Waals surface area contributed by atoms with Crippen molar-refractivity contribution in [2.45, 2.75) is 13.1 Å². The van der Waals surface area contributed by atoms with E-state index in [1.54, 1.807) is 6.07 Å². The number of nitrogens with two attached hydrogens (primary N) is 1. The monoisotopic (exact) mass is 248 g/mol. The van der Waals surface area contributed by atoms with Gasteiger partial charge >= 0.3 is 6.18 Å². The maximum absolute atomic E-state index is 11.7. The van der Waals surface area contributed by atoms with E-state index in [9.17, 15) is 13.2 Å². The molecule has 17 heavy (non-hydrogen) atoms. The first-order valence-corrected chi connectivity index (χ1v) is 5.13. The summed E-state index contributed by atoms with van der Waals surface area (Å²) in [4.78, 5) is 0. The number of nitrogen functional groups attached to an aromatic ring is 1. The second kappa shape index (κ2) is 5.77. The molecule has 0 unspecified atom stereocenters. The van der Waals surface area contributed by atoms with Crippen molar-refractivity contribution in [2.24, 2.45) is 0 Å². The number of aryl methyl sites for hydroxylation is 1. The standard InChI is InChI=1S/C11H15F3N2O/c1-8-2-3-9(6-10(8)15)16-4-5-17-7-11(12,13)14/h2-3,6,16H,4-5,7,15H2,1H3. The van der Waals surface area contributed by atoms with Crippen LogP contribution in [0.2, 0.25) is 0 Å².